The summed E-state index contributed by atoms with van der Waals surface area (Å²) in [5, 5.41) is 0. The van der Waals surface area contributed by atoms with Crippen LogP contribution in [0.15, 0.2) is 24.3 Å². The van der Waals surface area contributed by atoms with Crippen LogP contribution in [0.25, 0.3) is 11.4 Å². The van der Waals surface area contributed by atoms with Crippen molar-refractivity contribution in [2.75, 3.05) is 12.8 Å². The third-order valence-electron chi connectivity index (χ3n) is 2.73. The number of hydrogen-bond acceptors (Lipinski definition) is 6. The van der Waals surface area contributed by atoms with Gasteiger partial charge in [0.15, 0.2) is 5.82 Å². The standard InChI is InChI=1S/C13H14N4O2/c1-18-13-16-11(15-12(14)17-13)8-3-2-4-10(7-8)19-9-5-6-9/h2-4,7,9H,5-6H2,1H3,(H2,14,15,16,17). The predicted octanol–water partition coefficient (Wildman–Crippen LogP) is 1.67. The largest absolute Gasteiger partial charge is 0.490 e. The van der Waals surface area contributed by atoms with Gasteiger partial charge in [0, 0.05) is 5.56 Å². The zero-order valence-electron chi connectivity index (χ0n) is 10.5. The van der Waals surface area contributed by atoms with Gasteiger partial charge in [-0.3, -0.25) is 0 Å². The second-order valence-corrected chi connectivity index (χ2v) is 4.35. The maximum atomic E-state index is 5.74. The van der Waals surface area contributed by atoms with Crippen LogP contribution in [0.1, 0.15) is 12.8 Å². The Bertz CT molecular complexity index is 599. The highest BCUT2D eigenvalue weighted by Gasteiger charge is 2.23. The van der Waals surface area contributed by atoms with Crippen LogP contribution in [0.4, 0.5) is 5.95 Å². The summed E-state index contributed by atoms with van der Waals surface area (Å²) in [5.41, 5.74) is 6.45. The lowest BCUT2D eigenvalue weighted by Gasteiger charge is -2.07. The fourth-order valence-electron chi connectivity index (χ4n) is 1.68. The van der Waals surface area contributed by atoms with Crippen LogP contribution in [-0.4, -0.2) is 28.2 Å². The molecule has 98 valence electrons. The maximum Gasteiger partial charge on any atom is 0.321 e. The summed E-state index contributed by atoms with van der Waals surface area (Å²) in [4.78, 5) is 12.1. The Kier molecular flexibility index (Phi) is 2.91. The minimum absolute atomic E-state index is 0.135. The number of rotatable bonds is 4. The molecule has 1 aliphatic carbocycles. The van der Waals surface area contributed by atoms with Crippen molar-refractivity contribution in [3.8, 4) is 23.1 Å². The zero-order chi connectivity index (χ0) is 13.2. The number of benzene rings is 1. The van der Waals surface area contributed by atoms with Gasteiger partial charge >= 0.3 is 6.01 Å². The molecule has 0 aliphatic heterocycles. The average molecular weight is 258 g/mol. The molecule has 0 atom stereocenters. The van der Waals surface area contributed by atoms with E-state index in [-0.39, 0.29) is 12.0 Å². The van der Waals surface area contributed by atoms with E-state index in [2.05, 4.69) is 15.0 Å². The first-order chi connectivity index (χ1) is 9.24. The van der Waals surface area contributed by atoms with E-state index in [1.54, 1.807) is 0 Å². The van der Waals surface area contributed by atoms with Crippen LogP contribution in [0.5, 0.6) is 11.8 Å². The first kappa shape index (κ1) is 11.7. The monoisotopic (exact) mass is 258 g/mol. The quantitative estimate of drug-likeness (QED) is 0.898. The number of aromatic nitrogens is 3. The van der Waals surface area contributed by atoms with Crippen molar-refractivity contribution in [3.63, 3.8) is 0 Å². The second-order valence-electron chi connectivity index (χ2n) is 4.35. The fraction of sp³-hybridized carbons (Fsp3) is 0.308. The third-order valence-corrected chi connectivity index (χ3v) is 2.73. The minimum atomic E-state index is 0.135. The smallest absolute Gasteiger partial charge is 0.321 e. The minimum Gasteiger partial charge on any atom is -0.490 e. The molecule has 1 aliphatic rings. The summed E-state index contributed by atoms with van der Waals surface area (Å²) < 4.78 is 10.7. The van der Waals surface area contributed by atoms with Gasteiger partial charge in [-0.05, 0) is 25.0 Å². The van der Waals surface area contributed by atoms with Crippen LogP contribution < -0.4 is 15.2 Å². The molecule has 0 amide bonds. The molecule has 0 bridgehead atoms. The molecule has 6 heteroatoms. The van der Waals surface area contributed by atoms with Gasteiger partial charge in [-0.25, -0.2) is 0 Å². The van der Waals surface area contributed by atoms with E-state index in [4.69, 9.17) is 15.2 Å². The van der Waals surface area contributed by atoms with Crippen LogP contribution in [0, 0.1) is 0 Å². The van der Waals surface area contributed by atoms with Crippen LogP contribution >= 0.6 is 0 Å². The van der Waals surface area contributed by atoms with E-state index in [0.29, 0.717) is 11.9 Å². The zero-order valence-corrected chi connectivity index (χ0v) is 10.5. The summed E-state index contributed by atoms with van der Waals surface area (Å²) in [6, 6.07) is 7.82. The molecule has 1 aromatic heterocycles. The Morgan fingerprint density at radius 1 is 1.21 bits per heavy atom. The van der Waals surface area contributed by atoms with Gasteiger partial charge in [0.1, 0.15) is 5.75 Å². The number of hydrogen-bond donors (Lipinski definition) is 1. The molecule has 2 N–H and O–H groups in total. The Morgan fingerprint density at radius 2 is 2.05 bits per heavy atom. The van der Waals surface area contributed by atoms with Crippen molar-refractivity contribution in [2.45, 2.75) is 18.9 Å². The number of anilines is 1. The number of methoxy groups -OCH3 is 1. The van der Waals surface area contributed by atoms with Gasteiger partial charge in [0.05, 0.1) is 13.2 Å². The SMILES string of the molecule is COc1nc(N)nc(-c2cccc(OC3CC3)c2)n1. The predicted molar refractivity (Wildman–Crippen MR) is 69.9 cm³/mol. The number of ether oxygens (including phenoxy) is 2. The molecule has 0 spiro atoms. The highest BCUT2D eigenvalue weighted by molar-refractivity contribution is 5.58. The van der Waals surface area contributed by atoms with E-state index in [1.807, 2.05) is 24.3 Å². The summed E-state index contributed by atoms with van der Waals surface area (Å²) in [6.07, 6.45) is 2.60. The highest BCUT2D eigenvalue weighted by atomic mass is 16.5. The third kappa shape index (κ3) is 2.73. The first-order valence-electron chi connectivity index (χ1n) is 6.07. The number of nitrogens with zero attached hydrogens (tertiary/aromatic N) is 3. The molecule has 0 radical (unpaired) electrons. The molecule has 0 saturated heterocycles. The normalized spacial score (nSPS) is 14.2. The summed E-state index contributed by atoms with van der Waals surface area (Å²) >= 11 is 0. The average Bonchev–Trinajstić information content (AvgIpc) is 3.22. The van der Waals surface area contributed by atoms with Gasteiger partial charge < -0.3 is 15.2 Å². The summed E-state index contributed by atoms with van der Waals surface area (Å²) in [7, 11) is 1.49. The Balaban J connectivity index is 1.93. The number of nitrogens with two attached hydrogens (primary N) is 1. The Hall–Kier alpha value is -2.37. The Morgan fingerprint density at radius 3 is 2.79 bits per heavy atom. The van der Waals surface area contributed by atoms with Gasteiger partial charge in [0.25, 0.3) is 0 Å². The molecule has 1 aromatic carbocycles. The molecule has 1 fully saturated rings. The van der Waals surface area contributed by atoms with Gasteiger partial charge in [-0.2, -0.15) is 15.0 Å². The van der Waals surface area contributed by atoms with E-state index >= 15 is 0 Å². The fourth-order valence-corrected chi connectivity index (χ4v) is 1.68. The summed E-state index contributed by atoms with van der Waals surface area (Å²) in [5.74, 6) is 1.43. The molecular formula is C13H14N4O2. The van der Waals surface area contributed by atoms with Crippen molar-refractivity contribution in [1.82, 2.24) is 15.0 Å². The summed E-state index contributed by atoms with van der Waals surface area (Å²) in [6.45, 7) is 0. The van der Waals surface area contributed by atoms with Gasteiger partial charge in [-0.15, -0.1) is 0 Å². The van der Waals surface area contributed by atoms with Crippen molar-refractivity contribution in [1.29, 1.82) is 0 Å². The van der Waals surface area contributed by atoms with E-state index in [1.165, 1.54) is 7.11 Å². The lowest BCUT2D eigenvalue weighted by atomic mass is 10.2. The van der Waals surface area contributed by atoms with Gasteiger partial charge in [-0.1, -0.05) is 12.1 Å². The molecule has 19 heavy (non-hydrogen) atoms. The van der Waals surface area contributed by atoms with Crippen molar-refractivity contribution >= 4 is 5.95 Å². The lowest BCUT2D eigenvalue weighted by molar-refractivity contribution is 0.303. The molecule has 3 rings (SSSR count). The van der Waals surface area contributed by atoms with Crippen LogP contribution in [-0.2, 0) is 0 Å². The van der Waals surface area contributed by atoms with Crippen LogP contribution in [0.3, 0.4) is 0 Å². The van der Waals surface area contributed by atoms with E-state index < -0.39 is 0 Å². The van der Waals surface area contributed by atoms with E-state index in [9.17, 15) is 0 Å². The van der Waals surface area contributed by atoms with E-state index in [0.717, 1.165) is 24.2 Å². The van der Waals surface area contributed by atoms with Gasteiger partial charge in [0.2, 0.25) is 5.95 Å². The molecule has 2 aromatic rings. The maximum absolute atomic E-state index is 5.74. The molecule has 0 unspecified atom stereocenters. The van der Waals surface area contributed by atoms with Crippen LogP contribution in [0.2, 0.25) is 0 Å². The topological polar surface area (TPSA) is 83.2 Å². The molecule has 6 nitrogen and oxygen atoms in total. The lowest BCUT2D eigenvalue weighted by Crippen LogP contribution is -2.03. The first-order valence-corrected chi connectivity index (χ1v) is 6.07. The molecular weight excluding hydrogens is 244 g/mol. The van der Waals surface area contributed by atoms with Crippen molar-refractivity contribution in [3.05, 3.63) is 24.3 Å². The highest BCUT2D eigenvalue weighted by Crippen LogP contribution is 2.29. The number of nitrogen functional groups attached to an aromatic ring is 1. The molecule has 1 saturated carbocycles. The second kappa shape index (κ2) is 4.72. The van der Waals surface area contributed by atoms with Crippen molar-refractivity contribution < 1.29 is 9.47 Å². The van der Waals surface area contributed by atoms with Crippen molar-refractivity contribution in [2.24, 2.45) is 0 Å². The Labute approximate surface area is 110 Å². The molecule has 1 heterocycles.